The summed E-state index contributed by atoms with van der Waals surface area (Å²) in [5.41, 5.74) is -0.469. The second-order valence-corrected chi connectivity index (χ2v) is 6.81. The van der Waals surface area contributed by atoms with Crippen LogP contribution in [0.4, 0.5) is 4.79 Å². The van der Waals surface area contributed by atoms with Gasteiger partial charge in [-0.3, -0.25) is 4.79 Å². The third-order valence-corrected chi connectivity index (χ3v) is 3.51. The maximum absolute atomic E-state index is 11.7. The van der Waals surface area contributed by atoms with Gasteiger partial charge in [0.05, 0.1) is 0 Å². The molecule has 0 saturated carbocycles. The van der Waals surface area contributed by atoms with Crippen LogP contribution in [0.5, 0.6) is 0 Å². The number of ether oxygens (including phenoxy) is 1. The van der Waals surface area contributed by atoms with Crippen LogP contribution in [0, 0.1) is 0 Å². The third-order valence-electron chi connectivity index (χ3n) is 2.28. The smallest absolute Gasteiger partial charge is 0.410 e. The number of thioether (sulfide) groups is 1. The van der Waals surface area contributed by atoms with Crippen molar-refractivity contribution in [3.05, 3.63) is 0 Å². The first-order chi connectivity index (χ1) is 8.15. The number of hydrogen-bond donors (Lipinski definition) is 0. The van der Waals surface area contributed by atoms with Gasteiger partial charge in [0.2, 0.25) is 0 Å². The largest absolute Gasteiger partial charge is 0.444 e. The van der Waals surface area contributed by atoms with Gasteiger partial charge in [0.25, 0.3) is 0 Å². The van der Waals surface area contributed by atoms with Crippen LogP contribution < -0.4 is 0 Å². The molecule has 0 aromatic carbocycles. The summed E-state index contributed by atoms with van der Waals surface area (Å²) < 4.78 is 5.26. The monoisotopic (exact) mass is 275 g/mol. The van der Waals surface area contributed by atoms with Gasteiger partial charge in [-0.15, -0.1) is 0 Å². The Morgan fingerprint density at radius 2 is 1.89 bits per heavy atom. The number of carbonyl (C=O) groups is 2. The van der Waals surface area contributed by atoms with Crippen LogP contribution in [0.3, 0.4) is 0 Å². The molecule has 0 rings (SSSR count). The summed E-state index contributed by atoms with van der Waals surface area (Å²) in [5, 5.41) is 0.397. The van der Waals surface area contributed by atoms with Gasteiger partial charge in [-0.25, -0.2) is 4.79 Å². The molecule has 0 aromatic rings. The van der Waals surface area contributed by atoms with Gasteiger partial charge in [-0.2, -0.15) is 0 Å². The minimum atomic E-state index is -0.469. The summed E-state index contributed by atoms with van der Waals surface area (Å²) in [6.07, 6.45) is 1.41. The first kappa shape index (κ1) is 17.3. The molecule has 0 aliphatic heterocycles. The topological polar surface area (TPSA) is 46.6 Å². The molecule has 0 spiro atoms. The molecule has 0 heterocycles. The van der Waals surface area contributed by atoms with Crippen LogP contribution in [-0.2, 0) is 9.53 Å². The van der Waals surface area contributed by atoms with Crippen molar-refractivity contribution >= 4 is 23.0 Å². The minimum Gasteiger partial charge on any atom is -0.444 e. The highest BCUT2D eigenvalue weighted by Crippen LogP contribution is 2.19. The van der Waals surface area contributed by atoms with Gasteiger partial charge in [0.1, 0.15) is 5.60 Å². The lowest BCUT2D eigenvalue weighted by Gasteiger charge is -2.25. The highest BCUT2D eigenvalue weighted by Gasteiger charge is 2.20. The molecule has 0 aliphatic rings. The average molecular weight is 275 g/mol. The van der Waals surface area contributed by atoms with Crippen LogP contribution >= 0.6 is 11.8 Å². The maximum atomic E-state index is 11.7. The molecule has 0 aromatic heterocycles. The fourth-order valence-corrected chi connectivity index (χ4v) is 2.21. The summed E-state index contributed by atoms with van der Waals surface area (Å²) in [6.45, 7) is 9.77. The predicted molar refractivity (Wildman–Crippen MR) is 75.8 cm³/mol. The van der Waals surface area contributed by atoms with Crippen LogP contribution in [0.15, 0.2) is 0 Å². The van der Waals surface area contributed by atoms with Gasteiger partial charge in [-0.05, 0) is 33.6 Å². The third kappa shape index (κ3) is 8.39. The molecule has 0 N–H and O–H groups in total. The lowest BCUT2D eigenvalue weighted by Crippen LogP contribution is -2.35. The molecule has 106 valence electrons. The summed E-state index contributed by atoms with van der Waals surface area (Å²) in [4.78, 5) is 24.3. The van der Waals surface area contributed by atoms with Crippen molar-refractivity contribution in [1.29, 1.82) is 0 Å². The van der Waals surface area contributed by atoms with Gasteiger partial charge in [0, 0.05) is 25.8 Å². The zero-order valence-electron chi connectivity index (χ0n) is 12.3. The van der Waals surface area contributed by atoms with Crippen molar-refractivity contribution in [2.45, 2.75) is 58.3 Å². The normalized spacial score (nSPS) is 13.0. The standard InChI is InChI=1S/C13H25NO3S/c1-7-11(18-10(2)15)8-9-14(6)12(16)17-13(3,4)5/h11H,7-9H2,1-6H3. The Morgan fingerprint density at radius 3 is 2.28 bits per heavy atom. The second-order valence-electron chi connectivity index (χ2n) is 5.33. The van der Waals surface area contributed by atoms with Crippen LogP contribution in [0.2, 0.25) is 0 Å². The summed E-state index contributed by atoms with van der Waals surface area (Å²) in [7, 11) is 1.72. The van der Waals surface area contributed by atoms with E-state index >= 15 is 0 Å². The molecule has 0 fully saturated rings. The number of carbonyl (C=O) groups excluding carboxylic acids is 2. The van der Waals surface area contributed by atoms with Gasteiger partial charge >= 0.3 is 6.09 Å². The quantitative estimate of drug-likeness (QED) is 0.772. The summed E-state index contributed by atoms with van der Waals surface area (Å²) in [6, 6.07) is 0. The molecule has 4 nitrogen and oxygen atoms in total. The number of nitrogens with zero attached hydrogens (tertiary/aromatic N) is 1. The van der Waals surface area contributed by atoms with E-state index < -0.39 is 5.60 Å². The first-order valence-electron chi connectivity index (χ1n) is 6.27. The zero-order valence-corrected chi connectivity index (χ0v) is 13.1. The SMILES string of the molecule is CCC(CCN(C)C(=O)OC(C)(C)C)SC(C)=O. The van der Waals surface area contributed by atoms with Crippen LogP contribution in [0.1, 0.15) is 47.5 Å². The van der Waals surface area contributed by atoms with Gasteiger partial charge < -0.3 is 9.64 Å². The van der Waals surface area contributed by atoms with E-state index in [2.05, 4.69) is 0 Å². The Bertz CT molecular complexity index is 286. The Labute approximate surface area is 114 Å². The Hall–Kier alpha value is -0.710. The number of rotatable bonds is 5. The molecule has 5 heteroatoms. The Kier molecular flexibility index (Phi) is 7.36. The number of hydrogen-bond acceptors (Lipinski definition) is 4. The van der Waals surface area contributed by atoms with E-state index in [9.17, 15) is 9.59 Å². The molecule has 0 aliphatic carbocycles. The van der Waals surface area contributed by atoms with E-state index in [1.54, 1.807) is 18.9 Å². The van der Waals surface area contributed by atoms with Crippen LogP contribution in [0.25, 0.3) is 0 Å². The van der Waals surface area contributed by atoms with E-state index in [4.69, 9.17) is 4.74 Å². The highest BCUT2D eigenvalue weighted by atomic mass is 32.2. The van der Waals surface area contributed by atoms with Crippen LogP contribution in [-0.4, -0.2) is 40.6 Å². The van der Waals surface area contributed by atoms with Gasteiger partial charge in [0.15, 0.2) is 5.12 Å². The molecular formula is C13H25NO3S. The van der Waals surface area contributed by atoms with E-state index in [-0.39, 0.29) is 16.5 Å². The van der Waals surface area contributed by atoms with Crippen molar-refractivity contribution in [3.63, 3.8) is 0 Å². The average Bonchev–Trinajstić information content (AvgIpc) is 2.20. The predicted octanol–water partition coefficient (Wildman–Crippen LogP) is 3.30. The van der Waals surface area contributed by atoms with Crippen molar-refractivity contribution in [2.24, 2.45) is 0 Å². The highest BCUT2D eigenvalue weighted by molar-refractivity contribution is 8.14. The zero-order chi connectivity index (χ0) is 14.3. The molecule has 0 radical (unpaired) electrons. The Morgan fingerprint density at radius 1 is 1.33 bits per heavy atom. The molecule has 1 unspecified atom stereocenters. The fraction of sp³-hybridized carbons (Fsp3) is 0.846. The maximum Gasteiger partial charge on any atom is 0.410 e. The number of amides is 1. The van der Waals surface area contributed by atoms with E-state index in [0.29, 0.717) is 6.54 Å². The van der Waals surface area contributed by atoms with Crippen molar-refractivity contribution in [3.8, 4) is 0 Å². The molecule has 1 amide bonds. The molecule has 1 atom stereocenters. The summed E-state index contributed by atoms with van der Waals surface area (Å²) >= 11 is 1.35. The van der Waals surface area contributed by atoms with Crippen molar-refractivity contribution in [2.75, 3.05) is 13.6 Å². The van der Waals surface area contributed by atoms with Crippen molar-refractivity contribution < 1.29 is 14.3 Å². The van der Waals surface area contributed by atoms with E-state index in [1.807, 2.05) is 27.7 Å². The van der Waals surface area contributed by atoms with Crippen molar-refractivity contribution in [1.82, 2.24) is 4.90 Å². The van der Waals surface area contributed by atoms with E-state index in [1.165, 1.54) is 11.8 Å². The molecule has 0 bridgehead atoms. The van der Waals surface area contributed by atoms with Gasteiger partial charge in [-0.1, -0.05) is 18.7 Å². The Balaban J connectivity index is 4.11. The fourth-order valence-electron chi connectivity index (χ4n) is 1.35. The lowest BCUT2D eigenvalue weighted by molar-refractivity contribution is -0.109. The second kappa shape index (κ2) is 7.67. The first-order valence-corrected chi connectivity index (χ1v) is 7.15. The summed E-state index contributed by atoms with van der Waals surface area (Å²) in [5.74, 6) is 0. The molecular weight excluding hydrogens is 250 g/mol. The molecule has 0 saturated heterocycles. The van der Waals surface area contributed by atoms with E-state index in [0.717, 1.165) is 12.8 Å². The minimum absolute atomic E-state index is 0.127. The molecule has 18 heavy (non-hydrogen) atoms. The lowest BCUT2D eigenvalue weighted by atomic mass is 10.2.